The van der Waals surface area contributed by atoms with Gasteiger partial charge in [0.05, 0.1) is 18.7 Å². The zero-order chi connectivity index (χ0) is 29.9. The van der Waals surface area contributed by atoms with E-state index in [4.69, 9.17) is 41.9 Å². The van der Waals surface area contributed by atoms with E-state index in [9.17, 15) is 45.6 Å². The summed E-state index contributed by atoms with van der Waals surface area (Å²) < 4.78 is 22.5. The Labute approximate surface area is 229 Å². The van der Waals surface area contributed by atoms with Gasteiger partial charge in [0.15, 0.2) is 12.6 Å². The number of aliphatic hydroxyl groups excluding tert-OH is 8. The van der Waals surface area contributed by atoms with Gasteiger partial charge < -0.3 is 88.1 Å². The van der Waals surface area contributed by atoms with Crippen LogP contribution < -0.4 is 28.3 Å². The molecule has 16 atom stereocenters. The van der Waals surface area contributed by atoms with Crippen molar-refractivity contribution in [2.45, 2.75) is 111 Å². The van der Waals surface area contributed by atoms with Crippen LogP contribution in [0.2, 0.25) is 0 Å². The first kappa shape index (κ1) is 33.3. The Morgan fingerprint density at radius 1 is 0.850 bits per heavy atom. The lowest BCUT2D eigenvalue weighted by Gasteiger charge is -2.49. The van der Waals surface area contributed by atoms with Crippen LogP contribution in [-0.2, 0) is 23.7 Å². The monoisotopic (exact) mass is 585 g/mol. The van der Waals surface area contributed by atoms with E-state index in [1.807, 2.05) is 0 Å². The Morgan fingerprint density at radius 3 is 2.05 bits per heavy atom. The molecule has 0 unspecified atom stereocenters. The molecule has 0 aromatic carbocycles. The van der Waals surface area contributed by atoms with E-state index in [0.29, 0.717) is 0 Å². The summed E-state index contributed by atoms with van der Waals surface area (Å²) in [6.45, 7) is -0.898. The third-order valence-corrected chi connectivity index (χ3v) is 7.51. The summed E-state index contributed by atoms with van der Waals surface area (Å²) in [6.07, 6.45) is -19.8. The van der Waals surface area contributed by atoms with Crippen molar-refractivity contribution in [2.24, 2.45) is 22.9 Å². The molecule has 18 nitrogen and oxygen atoms in total. The number of rotatable bonds is 10. The molecule has 1 amide bonds. The third-order valence-electron chi connectivity index (χ3n) is 7.51. The van der Waals surface area contributed by atoms with Gasteiger partial charge >= 0.3 is 0 Å². The fourth-order valence-electron chi connectivity index (χ4n) is 5.07. The fourth-order valence-corrected chi connectivity index (χ4v) is 5.07. The molecule has 1 aliphatic carbocycles. The lowest BCUT2D eigenvalue weighted by molar-refractivity contribution is -0.332. The highest BCUT2D eigenvalue weighted by molar-refractivity contribution is 5.80. The summed E-state index contributed by atoms with van der Waals surface area (Å²) in [7, 11) is 0. The van der Waals surface area contributed by atoms with E-state index in [2.05, 4.69) is 5.32 Å². The molecule has 40 heavy (non-hydrogen) atoms. The van der Waals surface area contributed by atoms with E-state index >= 15 is 0 Å². The van der Waals surface area contributed by atoms with Gasteiger partial charge in [-0.1, -0.05) is 0 Å². The number of hydrogen-bond donors (Lipinski definition) is 13. The van der Waals surface area contributed by atoms with Crippen molar-refractivity contribution in [3.8, 4) is 0 Å². The Kier molecular flexibility index (Phi) is 11.9. The summed E-state index contributed by atoms with van der Waals surface area (Å²) in [4.78, 5) is 12.6. The molecule has 0 spiro atoms. The van der Waals surface area contributed by atoms with Crippen LogP contribution in [-0.4, -0.2) is 164 Å². The predicted octanol–water partition coefficient (Wildman–Crippen LogP) is -8.42. The number of hydrogen-bond acceptors (Lipinski definition) is 17. The van der Waals surface area contributed by atoms with Crippen LogP contribution in [0.15, 0.2) is 0 Å². The highest BCUT2D eigenvalue weighted by Gasteiger charge is 2.52. The smallest absolute Gasteiger partial charge is 0.249 e. The van der Waals surface area contributed by atoms with Gasteiger partial charge in [-0.15, -0.1) is 0 Å². The van der Waals surface area contributed by atoms with E-state index in [0.717, 1.165) is 0 Å². The molecule has 3 fully saturated rings. The first-order valence-electron chi connectivity index (χ1n) is 13.1. The topological polar surface area (TPSA) is 332 Å². The molecule has 2 heterocycles. The average Bonchev–Trinajstić information content (AvgIpc) is 2.92. The summed E-state index contributed by atoms with van der Waals surface area (Å²) in [5, 5.41) is 84.9. The molecule has 2 aliphatic heterocycles. The quantitative estimate of drug-likeness (QED) is 0.113. The molecule has 3 rings (SSSR count). The van der Waals surface area contributed by atoms with Crippen molar-refractivity contribution in [2.75, 3.05) is 19.7 Å². The largest absolute Gasteiger partial charge is 0.394 e. The van der Waals surface area contributed by atoms with Crippen molar-refractivity contribution >= 4 is 5.91 Å². The second kappa shape index (κ2) is 14.3. The second-order valence-electron chi connectivity index (χ2n) is 10.3. The predicted molar refractivity (Wildman–Crippen MR) is 131 cm³/mol. The van der Waals surface area contributed by atoms with Gasteiger partial charge in [-0.25, -0.2) is 0 Å². The molecular weight excluding hydrogens is 542 g/mol. The number of carbonyl (C=O) groups is 1. The van der Waals surface area contributed by atoms with E-state index in [-0.39, 0.29) is 25.9 Å². The number of aliphatic hydroxyl groups is 8. The number of carbonyl (C=O) groups excluding carboxylic acids is 1. The van der Waals surface area contributed by atoms with Crippen LogP contribution in [0.4, 0.5) is 0 Å². The van der Waals surface area contributed by atoms with E-state index in [1.165, 1.54) is 0 Å². The second-order valence-corrected chi connectivity index (χ2v) is 10.3. The van der Waals surface area contributed by atoms with Crippen molar-refractivity contribution < 1.29 is 64.6 Å². The summed E-state index contributed by atoms with van der Waals surface area (Å²) in [5.41, 5.74) is 23.1. The summed E-state index contributed by atoms with van der Waals surface area (Å²) in [5.74, 6) is -0.845. The number of nitrogens with one attached hydrogen (secondary N) is 1. The molecule has 0 aromatic rings. The van der Waals surface area contributed by atoms with Crippen LogP contribution in [0.25, 0.3) is 0 Å². The van der Waals surface area contributed by atoms with E-state index < -0.39 is 110 Å². The Hall–Kier alpha value is -1.17. The van der Waals surface area contributed by atoms with Crippen molar-refractivity contribution in [1.29, 1.82) is 0 Å². The maximum absolute atomic E-state index is 12.6. The lowest BCUT2D eigenvalue weighted by atomic mass is 9.83. The molecule has 17 N–H and O–H groups in total. The van der Waals surface area contributed by atoms with Gasteiger partial charge in [-0.3, -0.25) is 4.79 Å². The molecule has 0 aromatic heterocycles. The van der Waals surface area contributed by atoms with Crippen LogP contribution in [0.5, 0.6) is 0 Å². The number of nitrogens with two attached hydrogens (primary N) is 4. The molecule has 234 valence electrons. The van der Waals surface area contributed by atoms with Gasteiger partial charge in [0.25, 0.3) is 0 Å². The Balaban J connectivity index is 1.85. The third kappa shape index (κ3) is 7.06. The molecule has 0 bridgehead atoms. The molecule has 0 radical (unpaired) electrons. The molecule has 2 saturated heterocycles. The zero-order valence-electron chi connectivity index (χ0n) is 21.7. The maximum Gasteiger partial charge on any atom is 0.249 e. The molecule has 3 aliphatic rings. The van der Waals surface area contributed by atoms with Gasteiger partial charge in [0, 0.05) is 12.6 Å². The number of ether oxygens (including phenoxy) is 4. The minimum atomic E-state index is -1.76. The highest BCUT2D eigenvalue weighted by Crippen LogP contribution is 2.32. The van der Waals surface area contributed by atoms with Gasteiger partial charge in [-0.2, -0.15) is 0 Å². The van der Waals surface area contributed by atoms with Crippen molar-refractivity contribution in [1.82, 2.24) is 5.32 Å². The fraction of sp³-hybridized carbons (Fsp3) is 0.955. The van der Waals surface area contributed by atoms with E-state index in [1.54, 1.807) is 0 Å². The first-order chi connectivity index (χ1) is 18.9. The summed E-state index contributed by atoms with van der Waals surface area (Å²) in [6, 6.07) is -3.45. The molecule has 18 heteroatoms. The summed E-state index contributed by atoms with van der Waals surface area (Å²) >= 11 is 0. The first-order valence-corrected chi connectivity index (χ1v) is 13.1. The minimum Gasteiger partial charge on any atom is -0.394 e. The highest BCUT2D eigenvalue weighted by atomic mass is 16.7. The standard InChI is InChI=1S/C22H43N5O13/c23-2-1-8(29)20(36)27-7-3-6(25)18(39-22-16(34)15(33)13(31)9(4-24)37-22)17(35)19(7)40-21-14(32)11(26)12(30)10(5-28)38-21/h6-19,21-22,28-35H,1-5,23-26H2,(H,27,36)/t6-,7+,8-,9+,10+,11-,12+,13+,14+,15-,16+,17-,18+,19+,21+,22-/m0/s1. The van der Waals surface area contributed by atoms with Gasteiger partial charge in [0.2, 0.25) is 5.91 Å². The van der Waals surface area contributed by atoms with Crippen LogP contribution in [0.1, 0.15) is 12.8 Å². The molecular formula is C22H43N5O13. The van der Waals surface area contributed by atoms with Crippen molar-refractivity contribution in [3.63, 3.8) is 0 Å². The minimum absolute atomic E-state index is 0.0101. The normalized spacial score (nSPS) is 47.0. The Bertz CT molecular complexity index is 815. The average molecular weight is 586 g/mol. The van der Waals surface area contributed by atoms with Gasteiger partial charge in [0.1, 0.15) is 67.1 Å². The number of amides is 1. The molecule has 1 saturated carbocycles. The lowest BCUT2D eigenvalue weighted by Crippen LogP contribution is -2.69. The Morgan fingerprint density at radius 2 is 1.45 bits per heavy atom. The van der Waals surface area contributed by atoms with Crippen molar-refractivity contribution in [3.05, 3.63) is 0 Å². The van der Waals surface area contributed by atoms with Crippen LogP contribution >= 0.6 is 0 Å². The van der Waals surface area contributed by atoms with Crippen LogP contribution in [0.3, 0.4) is 0 Å². The SMILES string of the molecule is NCC[C@H](O)C(=O)N[C@@H]1C[C@H](N)[C@@H](O[C@@H]2O[C@H](CN)[C@@H](O)[C@H](O)[C@H]2O)[C@H](O)[C@@H]1O[C@H]1O[C@H](CO)[C@@H](O)[C@H](N)[C@H]1O. The van der Waals surface area contributed by atoms with Crippen LogP contribution in [0, 0.1) is 0 Å². The van der Waals surface area contributed by atoms with Gasteiger partial charge in [-0.05, 0) is 19.4 Å². The maximum atomic E-state index is 12.6. The zero-order valence-corrected chi connectivity index (χ0v) is 21.7.